The van der Waals surface area contributed by atoms with Gasteiger partial charge in [-0.05, 0) is 49.9 Å². The highest BCUT2D eigenvalue weighted by Crippen LogP contribution is 2.13. The SMILES string of the molecule is CC(C)CC(CN)CCNCCc1ccco1. The molecular formula is C14H26N2O. The van der Waals surface area contributed by atoms with E-state index in [1.807, 2.05) is 12.1 Å². The van der Waals surface area contributed by atoms with E-state index < -0.39 is 0 Å². The van der Waals surface area contributed by atoms with E-state index in [1.54, 1.807) is 6.26 Å². The summed E-state index contributed by atoms with van der Waals surface area (Å²) in [5.74, 6) is 2.45. The highest BCUT2D eigenvalue weighted by molar-refractivity contribution is 4.98. The van der Waals surface area contributed by atoms with Crippen LogP contribution in [0.15, 0.2) is 22.8 Å². The van der Waals surface area contributed by atoms with Crippen LogP contribution in [0.5, 0.6) is 0 Å². The van der Waals surface area contributed by atoms with Crippen molar-refractivity contribution in [2.45, 2.75) is 33.1 Å². The number of hydrogen-bond acceptors (Lipinski definition) is 3. The fourth-order valence-corrected chi connectivity index (χ4v) is 2.10. The zero-order valence-electron chi connectivity index (χ0n) is 11.1. The lowest BCUT2D eigenvalue weighted by Crippen LogP contribution is -2.24. The van der Waals surface area contributed by atoms with Crippen molar-refractivity contribution in [3.63, 3.8) is 0 Å². The third kappa shape index (κ3) is 6.49. The molecule has 17 heavy (non-hydrogen) atoms. The van der Waals surface area contributed by atoms with Crippen LogP contribution in [0.25, 0.3) is 0 Å². The average molecular weight is 238 g/mol. The summed E-state index contributed by atoms with van der Waals surface area (Å²) in [6, 6.07) is 3.95. The van der Waals surface area contributed by atoms with Crippen LogP contribution in [0.2, 0.25) is 0 Å². The van der Waals surface area contributed by atoms with Gasteiger partial charge in [-0.25, -0.2) is 0 Å². The molecular weight excluding hydrogens is 212 g/mol. The standard InChI is InChI=1S/C14H26N2O/c1-12(2)10-13(11-15)5-7-16-8-6-14-4-3-9-17-14/h3-4,9,12-13,16H,5-8,10-11,15H2,1-2H3. The van der Waals surface area contributed by atoms with Crippen molar-refractivity contribution in [3.8, 4) is 0 Å². The first-order chi connectivity index (χ1) is 8.22. The summed E-state index contributed by atoms with van der Waals surface area (Å²) in [5.41, 5.74) is 5.77. The Hall–Kier alpha value is -0.800. The average Bonchev–Trinajstić information content (AvgIpc) is 2.79. The van der Waals surface area contributed by atoms with Crippen LogP contribution < -0.4 is 11.1 Å². The third-order valence-electron chi connectivity index (χ3n) is 3.00. The van der Waals surface area contributed by atoms with Crippen LogP contribution >= 0.6 is 0 Å². The Morgan fingerprint density at radius 2 is 2.18 bits per heavy atom. The first kappa shape index (κ1) is 14.3. The molecule has 1 unspecified atom stereocenters. The Labute approximate surface area is 105 Å². The van der Waals surface area contributed by atoms with Gasteiger partial charge in [-0.3, -0.25) is 0 Å². The molecule has 0 saturated heterocycles. The molecule has 0 aliphatic heterocycles. The van der Waals surface area contributed by atoms with Crippen molar-refractivity contribution in [2.24, 2.45) is 17.6 Å². The van der Waals surface area contributed by atoms with Gasteiger partial charge < -0.3 is 15.5 Å². The van der Waals surface area contributed by atoms with Crippen molar-refractivity contribution in [2.75, 3.05) is 19.6 Å². The Morgan fingerprint density at radius 1 is 1.35 bits per heavy atom. The molecule has 1 aromatic heterocycles. The predicted molar refractivity (Wildman–Crippen MR) is 71.9 cm³/mol. The molecule has 0 aliphatic carbocycles. The van der Waals surface area contributed by atoms with Gasteiger partial charge in [-0.15, -0.1) is 0 Å². The van der Waals surface area contributed by atoms with Crippen LogP contribution in [-0.2, 0) is 6.42 Å². The van der Waals surface area contributed by atoms with Crippen LogP contribution in [0.1, 0.15) is 32.4 Å². The van der Waals surface area contributed by atoms with Gasteiger partial charge in [0, 0.05) is 13.0 Å². The Kier molecular flexibility index (Phi) is 6.97. The van der Waals surface area contributed by atoms with Crippen molar-refractivity contribution >= 4 is 0 Å². The fraction of sp³-hybridized carbons (Fsp3) is 0.714. The largest absolute Gasteiger partial charge is 0.469 e. The molecule has 3 heteroatoms. The summed E-state index contributed by atoms with van der Waals surface area (Å²) >= 11 is 0. The van der Waals surface area contributed by atoms with Gasteiger partial charge in [0.25, 0.3) is 0 Å². The first-order valence-corrected chi connectivity index (χ1v) is 6.65. The lowest BCUT2D eigenvalue weighted by molar-refractivity contribution is 0.385. The zero-order valence-corrected chi connectivity index (χ0v) is 11.1. The van der Waals surface area contributed by atoms with Crippen LogP contribution in [0.4, 0.5) is 0 Å². The normalized spacial score (nSPS) is 13.2. The molecule has 1 aromatic rings. The molecule has 0 aromatic carbocycles. The summed E-state index contributed by atoms with van der Waals surface area (Å²) in [7, 11) is 0. The smallest absolute Gasteiger partial charge is 0.105 e. The van der Waals surface area contributed by atoms with E-state index in [-0.39, 0.29) is 0 Å². The van der Waals surface area contributed by atoms with E-state index in [1.165, 1.54) is 12.8 Å². The molecule has 3 nitrogen and oxygen atoms in total. The number of nitrogens with one attached hydrogen (secondary N) is 1. The quantitative estimate of drug-likeness (QED) is 0.650. The number of rotatable bonds is 9. The zero-order chi connectivity index (χ0) is 12.5. The second-order valence-corrected chi connectivity index (χ2v) is 5.10. The van der Waals surface area contributed by atoms with Crippen LogP contribution in [-0.4, -0.2) is 19.6 Å². The molecule has 0 radical (unpaired) electrons. The number of nitrogens with two attached hydrogens (primary N) is 1. The summed E-state index contributed by atoms with van der Waals surface area (Å²) in [4.78, 5) is 0. The summed E-state index contributed by atoms with van der Waals surface area (Å²) in [6.07, 6.45) is 5.09. The molecule has 0 bridgehead atoms. The summed E-state index contributed by atoms with van der Waals surface area (Å²) in [5, 5.41) is 3.45. The topological polar surface area (TPSA) is 51.2 Å². The van der Waals surface area contributed by atoms with Gasteiger partial charge in [0.15, 0.2) is 0 Å². The van der Waals surface area contributed by atoms with Crippen LogP contribution in [0, 0.1) is 11.8 Å². The highest BCUT2D eigenvalue weighted by Gasteiger charge is 2.08. The lowest BCUT2D eigenvalue weighted by Gasteiger charge is -2.17. The van der Waals surface area contributed by atoms with Crippen molar-refractivity contribution in [1.82, 2.24) is 5.32 Å². The molecule has 0 aliphatic rings. The van der Waals surface area contributed by atoms with Crippen LogP contribution in [0.3, 0.4) is 0 Å². The molecule has 1 atom stereocenters. The van der Waals surface area contributed by atoms with E-state index in [4.69, 9.17) is 10.2 Å². The molecule has 98 valence electrons. The maximum atomic E-state index is 5.77. The molecule has 0 amide bonds. The molecule has 0 saturated carbocycles. The second-order valence-electron chi connectivity index (χ2n) is 5.10. The minimum Gasteiger partial charge on any atom is -0.469 e. The lowest BCUT2D eigenvalue weighted by atomic mass is 9.94. The third-order valence-corrected chi connectivity index (χ3v) is 3.00. The highest BCUT2D eigenvalue weighted by atomic mass is 16.3. The van der Waals surface area contributed by atoms with E-state index in [2.05, 4.69) is 19.2 Å². The van der Waals surface area contributed by atoms with E-state index >= 15 is 0 Å². The Morgan fingerprint density at radius 3 is 2.76 bits per heavy atom. The van der Waals surface area contributed by atoms with Crippen molar-refractivity contribution < 1.29 is 4.42 Å². The monoisotopic (exact) mass is 238 g/mol. The molecule has 0 fully saturated rings. The molecule has 3 N–H and O–H groups in total. The fourth-order valence-electron chi connectivity index (χ4n) is 2.10. The number of hydrogen-bond donors (Lipinski definition) is 2. The van der Waals surface area contributed by atoms with E-state index in [9.17, 15) is 0 Å². The predicted octanol–water partition coefficient (Wildman–Crippen LogP) is 2.42. The number of furan rings is 1. The maximum Gasteiger partial charge on any atom is 0.105 e. The van der Waals surface area contributed by atoms with Crippen molar-refractivity contribution in [1.29, 1.82) is 0 Å². The maximum absolute atomic E-state index is 5.77. The van der Waals surface area contributed by atoms with Gasteiger partial charge in [0.1, 0.15) is 5.76 Å². The van der Waals surface area contributed by atoms with Gasteiger partial charge >= 0.3 is 0 Å². The molecule has 1 heterocycles. The van der Waals surface area contributed by atoms with Gasteiger partial charge in [-0.2, -0.15) is 0 Å². The summed E-state index contributed by atoms with van der Waals surface area (Å²) in [6.45, 7) is 7.35. The molecule has 1 rings (SSSR count). The van der Waals surface area contributed by atoms with Gasteiger partial charge in [0.05, 0.1) is 6.26 Å². The van der Waals surface area contributed by atoms with Gasteiger partial charge in [-0.1, -0.05) is 13.8 Å². The molecule has 0 spiro atoms. The minimum atomic E-state index is 0.658. The second kappa shape index (κ2) is 8.31. The van der Waals surface area contributed by atoms with Crippen molar-refractivity contribution in [3.05, 3.63) is 24.2 Å². The van der Waals surface area contributed by atoms with E-state index in [0.717, 1.165) is 37.7 Å². The summed E-state index contributed by atoms with van der Waals surface area (Å²) < 4.78 is 5.27. The Bertz CT molecular complexity index is 270. The Balaban J connectivity index is 2.02. The first-order valence-electron chi connectivity index (χ1n) is 6.65. The van der Waals surface area contributed by atoms with Gasteiger partial charge in [0.2, 0.25) is 0 Å². The minimum absolute atomic E-state index is 0.658. The van der Waals surface area contributed by atoms with E-state index in [0.29, 0.717) is 5.92 Å².